The first kappa shape index (κ1) is 17.1. The summed E-state index contributed by atoms with van der Waals surface area (Å²) in [7, 11) is 1.93. The summed E-state index contributed by atoms with van der Waals surface area (Å²) in [4.78, 5) is 0. The van der Waals surface area contributed by atoms with Crippen LogP contribution in [0.25, 0.3) is 0 Å². The van der Waals surface area contributed by atoms with E-state index in [4.69, 9.17) is 21.4 Å². The lowest BCUT2D eigenvalue weighted by molar-refractivity contribution is 0.245. The maximum atomic E-state index is 6.03. The molecule has 128 valence electrons. The quantitative estimate of drug-likeness (QED) is 0.823. The number of ether oxygens (including phenoxy) is 1. The van der Waals surface area contributed by atoms with E-state index in [1.807, 2.05) is 29.9 Å². The second-order valence-corrected chi connectivity index (χ2v) is 6.87. The van der Waals surface area contributed by atoms with Gasteiger partial charge >= 0.3 is 0 Å². The van der Waals surface area contributed by atoms with E-state index in [1.54, 1.807) is 0 Å². The van der Waals surface area contributed by atoms with Crippen molar-refractivity contribution in [2.75, 3.05) is 7.05 Å². The van der Waals surface area contributed by atoms with Gasteiger partial charge in [-0.1, -0.05) is 36.9 Å². The van der Waals surface area contributed by atoms with Crippen molar-refractivity contribution in [3.8, 4) is 5.88 Å². The molecule has 1 aliphatic carbocycles. The van der Waals surface area contributed by atoms with Crippen LogP contribution in [0.4, 0.5) is 0 Å². The summed E-state index contributed by atoms with van der Waals surface area (Å²) < 4.78 is 8.06. The highest BCUT2D eigenvalue weighted by Crippen LogP contribution is 2.27. The average molecular weight is 346 g/mol. The minimum absolute atomic E-state index is 0.459. The summed E-state index contributed by atoms with van der Waals surface area (Å²) >= 11 is 5.96. The molecule has 1 aromatic carbocycles. The van der Waals surface area contributed by atoms with Crippen LogP contribution in [0.3, 0.4) is 0 Å². The molecule has 1 aliphatic rings. The Balaban J connectivity index is 1.69. The summed E-state index contributed by atoms with van der Waals surface area (Å²) in [5.74, 6) is 1.53. The van der Waals surface area contributed by atoms with Crippen LogP contribution in [-0.2, 0) is 19.7 Å². The summed E-state index contributed by atoms with van der Waals surface area (Å²) in [6.45, 7) is 2.14. The standard InChI is InChI=1S/C19H24ClN3O/c1-21-12-18-11-19(24-14-16-8-5-9-17(20)10-16)23(22-18)13-15-6-3-2-4-7-15/h8,10-11,15,21H,2-4,6-7,12-14H2,1H3. The lowest BCUT2D eigenvalue weighted by atomic mass is 9.89. The summed E-state index contributed by atoms with van der Waals surface area (Å²) in [5.41, 5.74) is 1.99. The van der Waals surface area contributed by atoms with E-state index >= 15 is 0 Å². The van der Waals surface area contributed by atoms with Gasteiger partial charge in [0.05, 0.1) is 10.7 Å². The Morgan fingerprint density at radius 1 is 1.33 bits per heavy atom. The molecular formula is C19H24ClN3O. The molecule has 0 unspecified atom stereocenters. The van der Waals surface area contributed by atoms with Gasteiger partial charge in [-0.05, 0) is 49.6 Å². The van der Waals surface area contributed by atoms with Crippen molar-refractivity contribution in [3.63, 3.8) is 0 Å². The largest absolute Gasteiger partial charge is 0.473 e. The summed E-state index contributed by atoms with van der Waals surface area (Å²) in [6.07, 6.45) is 6.62. The van der Waals surface area contributed by atoms with Gasteiger partial charge in [-0.2, -0.15) is 5.10 Å². The molecule has 0 atom stereocenters. The highest BCUT2D eigenvalue weighted by molar-refractivity contribution is 6.30. The average Bonchev–Trinajstić information content (AvgIpc) is 2.96. The third-order valence-electron chi connectivity index (χ3n) is 4.46. The molecule has 5 heteroatoms. The molecule has 0 saturated heterocycles. The van der Waals surface area contributed by atoms with Crippen molar-refractivity contribution in [3.05, 3.63) is 46.6 Å². The lowest BCUT2D eigenvalue weighted by Crippen LogP contribution is -2.16. The maximum absolute atomic E-state index is 6.03. The number of nitrogens with one attached hydrogen (secondary N) is 1. The number of hydrogen-bond donors (Lipinski definition) is 1. The molecule has 1 saturated carbocycles. The van der Waals surface area contributed by atoms with E-state index in [9.17, 15) is 0 Å². The molecule has 1 aromatic heterocycles. The molecule has 0 spiro atoms. The third kappa shape index (κ3) is 4.66. The van der Waals surface area contributed by atoms with Gasteiger partial charge in [0.25, 0.3) is 0 Å². The number of aromatic nitrogens is 2. The minimum Gasteiger partial charge on any atom is -0.473 e. The van der Waals surface area contributed by atoms with Crippen molar-refractivity contribution in [1.82, 2.24) is 15.1 Å². The molecule has 1 fully saturated rings. The normalized spacial score (nSPS) is 15.2. The number of halogens is 1. The van der Waals surface area contributed by atoms with Crippen LogP contribution in [0.1, 0.15) is 43.4 Å². The van der Waals surface area contributed by atoms with Gasteiger partial charge in [0.15, 0.2) is 0 Å². The Bertz CT molecular complexity index is 650. The Labute approximate surface area is 149 Å². The zero-order valence-electron chi connectivity index (χ0n) is 14.1. The lowest BCUT2D eigenvalue weighted by Gasteiger charge is -2.22. The smallest absolute Gasteiger partial charge is 0.212 e. The molecule has 1 N–H and O–H groups in total. The molecule has 1 heterocycles. The SMILES string of the molecule is CNCc1cc(OCc2cc#cc(Cl)c2)n(CC2CCCCC2)n1. The highest BCUT2D eigenvalue weighted by Gasteiger charge is 2.17. The van der Waals surface area contributed by atoms with Gasteiger partial charge in [-0.3, -0.25) is 0 Å². The van der Waals surface area contributed by atoms with Crippen LogP contribution in [-0.4, -0.2) is 16.8 Å². The number of rotatable bonds is 7. The topological polar surface area (TPSA) is 39.1 Å². The predicted octanol–water partition coefficient (Wildman–Crippen LogP) is 4.02. The van der Waals surface area contributed by atoms with Crippen molar-refractivity contribution in [2.45, 2.75) is 51.8 Å². The molecule has 0 radical (unpaired) electrons. The first-order valence-corrected chi connectivity index (χ1v) is 9.04. The zero-order valence-corrected chi connectivity index (χ0v) is 14.9. The second-order valence-electron chi connectivity index (χ2n) is 6.46. The molecule has 0 bridgehead atoms. The fraction of sp³-hybridized carbons (Fsp3) is 0.526. The van der Waals surface area contributed by atoms with Crippen molar-refractivity contribution in [1.29, 1.82) is 0 Å². The highest BCUT2D eigenvalue weighted by atomic mass is 35.5. The van der Waals surface area contributed by atoms with Crippen LogP contribution in [0, 0.1) is 18.1 Å². The van der Waals surface area contributed by atoms with Gasteiger partial charge < -0.3 is 10.1 Å². The molecule has 0 aliphatic heterocycles. The Morgan fingerprint density at radius 2 is 2.17 bits per heavy atom. The van der Waals surface area contributed by atoms with Gasteiger partial charge in [0, 0.05) is 19.2 Å². The molecule has 0 amide bonds. The number of nitrogens with zero attached hydrogens (tertiary/aromatic N) is 2. The molecule has 4 nitrogen and oxygen atoms in total. The molecule has 24 heavy (non-hydrogen) atoms. The van der Waals surface area contributed by atoms with Gasteiger partial charge in [0.1, 0.15) is 6.61 Å². The van der Waals surface area contributed by atoms with Crippen LogP contribution in [0.2, 0.25) is 5.02 Å². The Kier molecular flexibility index (Phi) is 6.01. The zero-order chi connectivity index (χ0) is 16.8. The fourth-order valence-electron chi connectivity index (χ4n) is 3.26. The Morgan fingerprint density at radius 3 is 2.92 bits per heavy atom. The van der Waals surface area contributed by atoms with Crippen molar-refractivity contribution >= 4 is 11.6 Å². The maximum Gasteiger partial charge on any atom is 0.212 e. The Hall–Kier alpha value is -1.70. The predicted molar refractivity (Wildman–Crippen MR) is 95.0 cm³/mol. The van der Waals surface area contributed by atoms with E-state index in [0.717, 1.165) is 30.2 Å². The van der Waals surface area contributed by atoms with E-state index in [2.05, 4.69) is 17.4 Å². The van der Waals surface area contributed by atoms with E-state index in [1.165, 1.54) is 32.1 Å². The molecule has 2 aromatic rings. The second kappa shape index (κ2) is 8.41. The molecule has 3 rings (SSSR count). The summed E-state index contributed by atoms with van der Waals surface area (Å²) in [5, 5.41) is 8.42. The number of hydrogen-bond acceptors (Lipinski definition) is 3. The van der Waals surface area contributed by atoms with Crippen LogP contribution in [0.15, 0.2) is 18.2 Å². The van der Waals surface area contributed by atoms with Crippen molar-refractivity contribution < 1.29 is 4.74 Å². The van der Waals surface area contributed by atoms with E-state index < -0.39 is 0 Å². The van der Waals surface area contributed by atoms with Gasteiger partial charge in [-0.15, -0.1) is 0 Å². The first-order chi connectivity index (χ1) is 11.7. The summed E-state index contributed by atoms with van der Waals surface area (Å²) in [6, 6.07) is 11.4. The van der Waals surface area contributed by atoms with Gasteiger partial charge in [-0.25, -0.2) is 4.68 Å². The van der Waals surface area contributed by atoms with E-state index in [0.29, 0.717) is 17.5 Å². The minimum atomic E-state index is 0.459. The first-order valence-electron chi connectivity index (χ1n) is 8.66. The van der Waals surface area contributed by atoms with Crippen LogP contribution < -0.4 is 10.1 Å². The van der Waals surface area contributed by atoms with E-state index in [-0.39, 0.29) is 0 Å². The fourth-order valence-corrected chi connectivity index (χ4v) is 3.45. The van der Waals surface area contributed by atoms with Crippen LogP contribution in [0.5, 0.6) is 5.88 Å². The monoisotopic (exact) mass is 345 g/mol. The third-order valence-corrected chi connectivity index (χ3v) is 4.66. The van der Waals surface area contributed by atoms with Gasteiger partial charge in [0.2, 0.25) is 5.88 Å². The van der Waals surface area contributed by atoms with Crippen molar-refractivity contribution in [2.24, 2.45) is 5.92 Å². The van der Waals surface area contributed by atoms with Crippen LogP contribution >= 0.6 is 11.6 Å². The molecular weight excluding hydrogens is 322 g/mol.